The van der Waals surface area contributed by atoms with Crippen molar-refractivity contribution >= 4 is 30.6 Å². The largest absolute Gasteiger partial charge is 0.497 e. The monoisotopic (exact) mass is 782 g/mol. The summed E-state index contributed by atoms with van der Waals surface area (Å²) in [6.07, 6.45) is -1.88. The average molecular weight is 783 g/mol. The molecule has 0 unspecified atom stereocenters. The summed E-state index contributed by atoms with van der Waals surface area (Å²) in [6, 6.07) is 28.1. The van der Waals surface area contributed by atoms with Crippen molar-refractivity contribution in [2.75, 3.05) is 39.8 Å². The summed E-state index contributed by atoms with van der Waals surface area (Å²) in [5, 5.41) is 11.9. The van der Waals surface area contributed by atoms with Crippen molar-refractivity contribution in [1.82, 2.24) is 9.55 Å². The number of nitrogens with zero attached hydrogens (tertiary/aromatic N) is 3. The lowest BCUT2D eigenvalue weighted by atomic mass is 9.80. The second-order valence-electron chi connectivity index (χ2n) is 15.8. The Morgan fingerprint density at radius 1 is 0.893 bits per heavy atom. The molecule has 1 N–H and O–H groups in total. The first-order valence-corrected chi connectivity index (χ1v) is 21.4. The molecule has 6 rings (SSSR count). The summed E-state index contributed by atoms with van der Waals surface area (Å²) >= 11 is 0. The molecule has 13 nitrogen and oxygen atoms in total. The molecular weight excluding hydrogens is 733 g/mol. The molecule has 0 bridgehead atoms. The molecule has 5 aromatic rings. The van der Waals surface area contributed by atoms with Crippen molar-refractivity contribution in [2.45, 2.75) is 69.4 Å². The average Bonchev–Trinajstić information content (AvgIpc) is 3.55. The Hall–Kier alpha value is -5.28. The lowest BCUT2D eigenvalue weighted by Crippen LogP contribution is -2.46. The molecule has 296 valence electrons. The molecule has 1 aliphatic heterocycles. The van der Waals surface area contributed by atoms with Crippen LogP contribution < -0.4 is 25.6 Å². The van der Waals surface area contributed by atoms with Crippen molar-refractivity contribution in [3.05, 3.63) is 139 Å². The highest BCUT2D eigenvalue weighted by molar-refractivity contribution is 6.74. The Balaban J connectivity index is 1.49. The molecule has 1 aliphatic rings. The zero-order valence-electron chi connectivity index (χ0n) is 33.3. The Morgan fingerprint density at radius 2 is 1.45 bits per heavy atom. The van der Waals surface area contributed by atoms with Gasteiger partial charge in [-0.3, -0.25) is 24.5 Å². The van der Waals surface area contributed by atoms with E-state index in [1.165, 1.54) is 16.7 Å². The van der Waals surface area contributed by atoms with Crippen LogP contribution in [0, 0.1) is 10.1 Å². The molecule has 1 fully saturated rings. The first-order valence-electron chi connectivity index (χ1n) is 18.5. The number of anilines is 1. The van der Waals surface area contributed by atoms with Gasteiger partial charge in [0.1, 0.15) is 22.8 Å². The van der Waals surface area contributed by atoms with Gasteiger partial charge in [0.05, 0.1) is 48.9 Å². The SMILES string of the molecule is COc1ccc(C(OC[C@H]2C[C@@H](O[Si](C)(C)C(C)(C)C)[C@H](n3c(=O)[nH]c(=O)c4cc([N+](=O)[O-])c(N(C)C)cc43)O2)(c2ccccc2)c2ccc(OC)cc2)cc1. The van der Waals surface area contributed by atoms with Crippen LogP contribution in [0.2, 0.25) is 18.1 Å². The number of nitrogens with one attached hydrogen (secondary N) is 1. The van der Waals surface area contributed by atoms with Crippen LogP contribution in [0.15, 0.2) is 101 Å². The van der Waals surface area contributed by atoms with Gasteiger partial charge in [-0.1, -0.05) is 75.4 Å². The Morgan fingerprint density at radius 3 is 1.95 bits per heavy atom. The van der Waals surface area contributed by atoms with Crippen molar-refractivity contribution in [1.29, 1.82) is 0 Å². The minimum absolute atomic E-state index is 0.0154. The highest BCUT2D eigenvalue weighted by Gasteiger charge is 2.47. The quantitative estimate of drug-likeness (QED) is 0.0556. The predicted octanol–water partition coefficient (Wildman–Crippen LogP) is 7.37. The van der Waals surface area contributed by atoms with Crippen LogP contribution in [-0.4, -0.2) is 69.9 Å². The zero-order chi connectivity index (χ0) is 40.6. The fourth-order valence-corrected chi connectivity index (χ4v) is 8.37. The summed E-state index contributed by atoms with van der Waals surface area (Å²) in [5.41, 5.74) is 0.148. The van der Waals surface area contributed by atoms with E-state index in [2.05, 4.69) is 38.8 Å². The van der Waals surface area contributed by atoms with Crippen molar-refractivity contribution in [2.24, 2.45) is 0 Å². The molecule has 14 heteroatoms. The van der Waals surface area contributed by atoms with E-state index in [0.717, 1.165) is 16.7 Å². The van der Waals surface area contributed by atoms with Gasteiger partial charge in [0.25, 0.3) is 11.2 Å². The summed E-state index contributed by atoms with van der Waals surface area (Å²) in [7, 11) is 4.08. The maximum absolute atomic E-state index is 13.9. The van der Waals surface area contributed by atoms with E-state index in [1.807, 2.05) is 78.9 Å². The molecule has 56 heavy (non-hydrogen) atoms. The number of aromatic amines is 1. The van der Waals surface area contributed by atoms with E-state index in [4.69, 9.17) is 23.4 Å². The molecule has 0 spiro atoms. The van der Waals surface area contributed by atoms with Gasteiger partial charge < -0.3 is 28.3 Å². The van der Waals surface area contributed by atoms with E-state index in [9.17, 15) is 19.7 Å². The van der Waals surface area contributed by atoms with Crippen molar-refractivity contribution in [3.8, 4) is 11.5 Å². The topological polar surface area (TPSA) is 147 Å². The minimum atomic E-state index is -2.49. The predicted molar refractivity (Wildman–Crippen MR) is 219 cm³/mol. The van der Waals surface area contributed by atoms with Gasteiger partial charge in [-0.05, 0) is 65.2 Å². The molecule has 2 heterocycles. The molecule has 1 aromatic heterocycles. The van der Waals surface area contributed by atoms with Crippen molar-refractivity contribution < 1.29 is 28.3 Å². The molecule has 0 amide bonds. The molecular formula is C42H50N4O9Si. The van der Waals surface area contributed by atoms with E-state index in [1.54, 1.807) is 33.2 Å². The van der Waals surface area contributed by atoms with Crippen LogP contribution in [0.5, 0.6) is 11.5 Å². The number of hydrogen-bond acceptors (Lipinski definition) is 10. The number of nitro benzene ring substituents is 1. The minimum Gasteiger partial charge on any atom is -0.497 e. The maximum Gasteiger partial charge on any atom is 0.331 e. The van der Waals surface area contributed by atoms with Gasteiger partial charge in [-0.15, -0.1) is 0 Å². The summed E-state index contributed by atoms with van der Waals surface area (Å²) in [4.78, 5) is 42.6. The van der Waals surface area contributed by atoms with Crippen LogP contribution >= 0.6 is 0 Å². The van der Waals surface area contributed by atoms with Crippen LogP contribution in [0.1, 0.15) is 50.1 Å². The third kappa shape index (κ3) is 7.61. The third-order valence-corrected chi connectivity index (χ3v) is 15.5. The van der Waals surface area contributed by atoms with Gasteiger partial charge in [-0.25, -0.2) is 4.79 Å². The van der Waals surface area contributed by atoms with Gasteiger partial charge in [-0.2, -0.15) is 0 Å². The van der Waals surface area contributed by atoms with E-state index >= 15 is 0 Å². The summed E-state index contributed by atoms with van der Waals surface area (Å²) in [6.45, 7) is 10.7. The van der Waals surface area contributed by atoms with E-state index in [-0.39, 0.29) is 33.9 Å². The van der Waals surface area contributed by atoms with E-state index < -0.39 is 48.5 Å². The maximum atomic E-state index is 13.9. The highest BCUT2D eigenvalue weighted by atomic mass is 28.4. The number of hydrogen-bond donors (Lipinski definition) is 1. The lowest BCUT2D eigenvalue weighted by Gasteiger charge is -2.39. The molecule has 3 atom stereocenters. The summed E-state index contributed by atoms with van der Waals surface area (Å²) < 4.78 is 33.4. The van der Waals surface area contributed by atoms with Gasteiger partial charge in [0.15, 0.2) is 14.5 Å². The second kappa shape index (κ2) is 15.7. The van der Waals surface area contributed by atoms with E-state index in [0.29, 0.717) is 17.9 Å². The van der Waals surface area contributed by atoms with Crippen LogP contribution in [0.4, 0.5) is 11.4 Å². The number of aromatic nitrogens is 2. The molecule has 1 saturated heterocycles. The van der Waals surface area contributed by atoms with Gasteiger partial charge in [0.2, 0.25) is 0 Å². The highest BCUT2D eigenvalue weighted by Crippen LogP contribution is 2.45. The zero-order valence-corrected chi connectivity index (χ0v) is 34.3. The fourth-order valence-electron chi connectivity index (χ4n) is 7.04. The number of rotatable bonds is 13. The first-order chi connectivity index (χ1) is 26.5. The van der Waals surface area contributed by atoms with Gasteiger partial charge in [0, 0.05) is 26.6 Å². The number of methoxy groups -OCH3 is 2. The number of benzene rings is 4. The lowest BCUT2D eigenvalue weighted by molar-refractivity contribution is -0.384. The van der Waals surface area contributed by atoms with Gasteiger partial charge >= 0.3 is 5.69 Å². The summed E-state index contributed by atoms with van der Waals surface area (Å²) in [5.74, 6) is 1.39. The number of nitro groups is 1. The van der Waals surface area contributed by atoms with Crippen molar-refractivity contribution in [3.63, 3.8) is 0 Å². The van der Waals surface area contributed by atoms with Crippen LogP contribution in [0.3, 0.4) is 0 Å². The fraction of sp³-hybridized carbons (Fsp3) is 0.381. The molecule has 0 aliphatic carbocycles. The third-order valence-electron chi connectivity index (χ3n) is 11.0. The molecule has 0 saturated carbocycles. The number of fused-ring (bicyclic) bond motifs is 1. The normalized spacial score (nSPS) is 17.6. The standard InChI is InChI=1S/C42H50N4O9Si/c1-41(2,3)56(8,9)55-37-23-32(54-39(37)45-34-25-35(44(4)5)36(46(49)50)24-33(34)38(47)43-40(45)48)26-53-42(27-13-11-10-12-14-27,28-15-19-30(51-6)20-16-28)29-17-21-31(52-7)22-18-29/h10-22,24-25,32,37,39H,23,26H2,1-9H3,(H,43,47,48)/t32-,37-,39-/m1/s1. The Kier molecular flexibility index (Phi) is 11.3. The molecule has 4 aromatic carbocycles. The van der Waals surface area contributed by atoms with Crippen LogP contribution in [0.25, 0.3) is 10.9 Å². The number of ether oxygens (including phenoxy) is 4. The second-order valence-corrected chi connectivity index (χ2v) is 20.5. The number of H-pyrrole nitrogens is 1. The Bertz CT molecular complexity index is 2250. The molecule has 0 radical (unpaired) electrons. The Labute approximate surface area is 327 Å². The first kappa shape index (κ1) is 40.4. The smallest absolute Gasteiger partial charge is 0.331 e. The van der Waals surface area contributed by atoms with Crippen LogP contribution in [-0.2, 0) is 19.5 Å².